The second-order valence-corrected chi connectivity index (χ2v) is 6.37. The van der Waals surface area contributed by atoms with Crippen LogP contribution in [0.2, 0.25) is 0 Å². The zero-order valence-corrected chi connectivity index (χ0v) is 14.4. The number of para-hydroxylation sites is 1. The van der Waals surface area contributed by atoms with Gasteiger partial charge < -0.3 is 14.7 Å². The van der Waals surface area contributed by atoms with Crippen LogP contribution in [0.3, 0.4) is 0 Å². The van der Waals surface area contributed by atoms with E-state index in [1.54, 1.807) is 7.05 Å². The molecule has 0 radical (unpaired) electrons. The summed E-state index contributed by atoms with van der Waals surface area (Å²) in [5.41, 5.74) is 4.38. The summed E-state index contributed by atoms with van der Waals surface area (Å²) in [6, 6.07) is 13.6. The maximum Gasteiger partial charge on any atom is 0.419 e. The summed E-state index contributed by atoms with van der Waals surface area (Å²) in [4.78, 5) is 26.9. The SMILES string of the molecule is Cn1c(=O)oc2cc(CCNC(=O)Cc3c[nH]c4ccccc34)ccc21. The number of rotatable bonds is 5. The number of nitrogens with one attached hydrogen (secondary N) is 2. The molecule has 0 fully saturated rings. The second-order valence-electron chi connectivity index (χ2n) is 6.37. The van der Waals surface area contributed by atoms with Gasteiger partial charge in [0.2, 0.25) is 5.91 Å². The van der Waals surface area contributed by atoms with Crippen molar-refractivity contribution in [2.24, 2.45) is 7.05 Å². The van der Waals surface area contributed by atoms with E-state index in [0.29, 0.717) is 25.0 Å². The molecule has 0 atom stereocenters. The summed E-state index contributed by atoms with van der Waals surface area (Å²) in [7, 11) is 1.68. The maximum atomic E-state index is 12.2. The molecule has 2 aromatic heterocycles. The van der Waals surface area contributed by atoms with Crippen molar-refractivity contribution in [3.05, 3.63) is 70.3 Å². The molecular formula is C20H19N3O3. The van der Waals surface area contributed by atoms with Crippen LogP contribution in [0, 0.1) is 0 Å². The second kappa shape index (κ2) is 6.55. The number of fused-ring (bicyclic) bond motifs is 2. The lowest BCUT2D eigenvalue weighted by Crippen LogP contribution is -2.27. The lowest BCUT2D eigenvalue weighted by molar-refractivity contribution is -0.120. The van der Waals surface area contributed by atoms with Gasteiger partial charge in [0.05, 0.1) is 11.9 Å². The molecule has 1 amide bonds. The average Bonchev–Trinajstić information content (AvgIpc) is 3.16. The molecule has 0 spiro atoms. The molecular weight excluding hydrogens is 330 g/mol. The van der Waals surface area contributed by atoms with E-state index in [4.69, 9.17) is 4.42 Å². The van der Waals surface area contributed by atoms with E-state index >= 15 is 0 Å². The number of hydrogen-bond donors (Lipinski definition) is 2. The van der Waals surface area contributed by atoms with Gasteiger partial charge in [0.1, 0.15) is 0 Å². The molecule has 2 aromatic carbocycles. The Morgan fingerprint density at radius 1 is 1.23 bits per heavy atom. The normalized spacial score (nSPS) is 11.3. The van der Waals surface area contributed by atoms with Gasteiger partial charge in [-0.3, -0.25) is 9.36 Å². The van der Waals surface area contributed by atoms with Crippen LogP contribution in [-0.2, 0) is 24.7 Å². The number of aromatic amines is 1. The molecule has 0 saturated carbocycles. The van der Waals surface area contributed by atoms with Gasteiger partial charge in [0, 0.05) is 30.7 Å². The van der Waals surface area contributed by atoms with Gasteiger partial charge in [-0.25, -0.2) is 4.79 Å². The third-order valence-corrected chi connectivity index (χ3v) is 4.62. The average molecular weight is 349 g/mol. The zero-order valence-electron chi connectivity index (χ0n) is 14.4. The molecule has 4 aromatic rings. The Kier molecular flexibility index (Phi) is 4.08. The number of H-pyrrole nitrogens is 1. The molecule has 2 heterocycles. The lowest BCUT2D eigenvalue weighted by atomic mass is 10.1. The van der Waals surface area contributed by atoms with E-state index in [9.17, 15) is 9.59 Å². The standard InChI is InChI=1S/C20H19N3O3/c1-23-17-7-6-13(10-18(17)26-20(23)25)8-9-21-19(24)11-14-12-22-16-5-3-2-4-15(14)16/h2-7,10,12,22H,8-9,11H2,1H3,(H,21,24). The molecule has 0 aliphatic heterocycles. The van der Waals surface area contributed by atoms with Gasteiger partial charge in [-0.1, -0.05) is 24.3 Å². The van der Waals surface area contributed by atoms with E-state index in [0.717, 1.165) is 27.5 Å². The zero-order chi connectivity index (χ0) is 18.1. The van der Waals surface area contributed by atoms with Crippen LogP contribution in [0.5, 0.6) is 0 Å². The fourth-order valence-electron chi connectivity index (χ4n) is 3.19. The first-order valence-electron chi connectivity index (χ1n) is 8.52. The summed E-state index contributed by atoms with van der Waals surface area (Å²) in [6.07, 6.45) is 2.90. The molecule has 132 valence electrons. The Morgan fingerprint density at radius 2 is 2.08 bits per heavy atom. The minimum atomic E-state index is -0.371. The molecule has 2 N–H and O–H groups in total. The van der Waals surface area contributed by atoms with Crippen molar-refractivity contribution >= 4 is 27.9 Å². The fraction of sp³-hybridized carbons (Fsp3) is 0.200. The van der Waals surface area contributed by atoms with Crippen LogP contribution in [0.25, 0.3) is 22.0 Å². The van der Waals surface area contributed by atoms with Crippen LogP contribution in [0.1, 0.15) is 11.1 Å². The van der Waals surface area contributed by atoms with Gasteiger partial charge >= 0.3 is 5.76 Å². The molecule has 0 saturated heterocycles. The number of carbonyl (C=O) groups is 1. The predicted octanol–water partition coefficient (Wildman–Crippen LogP) is 2.51. The van der Waals surface area contributed by atoms with Crippen molar-refractivity contribution in [3.63, 3.8) is 0 Å². The minimum absolute atomic E-state index is 0.0120. The topological polar surface area (TPSA) is 80.0 Å². The van der Waals surface area contributed by atoms with E-state index < -0.39 is 0 Å². The Balaban J connectivity index is 1.37. The van der Waals surface area contributed by atoms with Crippen LogP contribution in [0.4, 0.5) is 0 Å². The maximum absolute atomic E-state index is 12.2. The van der Waals surface area contributed by atoms with Crippen LogP contribution >= 0.6 is 0 Å². The van der Waals surface area contributed by atoms with Crippen LogP contribution in [-0.4, -0.2) is 22.0 Å². The van der Waals surface area contributed by atoms with E-state index in [1.807, 2.05) is 48.7 Å². The highest BCUT2D eigenvalue weighted by Gasteiger charge is 2.09. The van der Waals surface area contributed by atoms with Gasteiger partial charge in [0.15, 0.2) is 5.58 Å². The molecule has 0 aliphatic carbocycles. The third kappa shape index (κ3) is 3.01. The Bertz CT molecular complexity index is 1150. The third-order valence-electron chi connectivity index (χ3n) is 4.62. The van der Waals surface area contributed by atoms with Gasteiger partial charge in [-0.2, -0.15) is 0 Å². The number of carbonyl (C=O) groups excluding carboxylic acids is 1. The number of amides is 1. The molecule has 0 aliphatic rings. The fourth-order valence-corrected chi connectivity index (χ4v) is 3.19. The summed E-state index contributed by atoms with van der Waals surface area (Å²) >= 11 is 0. The van der Waals surface area contributed by atoms with E-state index in [2.05, 4.69) is 10.3 Å². The quantitative estimate of drug-likeness (QED) is 0.581. The summed E-state index contributed by atoms with van der Waals surface area (Å²) in [5.74, 6) is -0.383. The van der Waals surface area contributed by atoms with Crippen molar-refractivity contribution in [1.82, 2.24) is 14.9 Å². The number of oxazole rings is 1. The summed E-state index contributed by atoms with van der Waals surface area (Å²) < 4.78 is 6.67. The number of aromatic nitrogens is 2. The lowest BCUT2D eigenvalue weighted by Gasteiger charge is -2.05. The Morgan fingerprint density at radius 3 is 2.96 bits per heavy atom. The Labute approximate surface area is 149 Å². The van der Waals surface area contributed by atoms with Gasteiger partial charge in [0.25, 0.3) is 0 Å². The molecule has 26 heavy (non-hydrogen) atoms. The highest BCUT2D eigenvalue weighted by molar-refractivity contribution is 5.88. The molecule has 0 unspecified atom stereocenters. The molecule has 0 bridgehead atoms. The number of aryl methyl sites for hydroxylation is 1. The molecule has 6 nitrogen and oxygen atoms in total. The number of hydrogen-bond acceptors (Lipinski definition) is 3. The first kappa shape index (κ1) is 16.2. The first-order chi connectivity index (χ1) is 12.6. The van der Waals surface area contributed by atoms with Crippen molar-refractivity contribution in [2.75, 3.05) is 6.54 Å². The highest BCUT2D eigenvalue weighted by atomic mass is 16.4. The number of benzene rings is 2. The van der Waals surface area contributed by atoms with Gasteiger partial charge in [-0.05, 0) is 35.7 Å². The summed E-state index contributed by atoms with van der Waals surface area (Å²) in [6.45, 7) is 0.532. The van der Waals surface area contributed by atoms with E-state index in [1.165, 1.54) is 4.57 Å². The van der Waals surface area contributed by atoms with Crippen molar-refractivity contribution in [3.8, 4) is 0 Å². The summed E-state index contributed by atoms with van der Waals surface area (Å²) in [5, 5.41) is 4.02. The molecule has 4 rings (SSSR count). The molecule has 6 heteroatoms. The van der Waals surface area contributed by atoms with Crippen molar-refractivity contribution < 1.29 is 9.21 Å². The first-order valence-corrected chi connectivity index (χ1v) is 8.52. The Hall–Kier alpha value is -3.28. The monoisotopic (exact) mass is 349 g/mol. The minimum Gasteiger partial charge on any atom is -0.408 e. The van der Waals surface area contributed by atoms with Crippen molar-refractivity contribution in [1.29, 1.82) is 0 Å². The van der Waals surface area contributed by atoms with E-state index in [-0.39, 0.29) is 11.7 Å². The number of nitrogens with zero attached hydrogens (tertiary/aromatic N) is 1. The largest absolute Gasteiger partial charge is 0.419 e. The van der Waals surface area contributed by atoms with Crippen LogP contribution in [0.15, 0.2) is 57.9 Å². The van der Waals surface area contributed by atoms with Crippen molar-refractivity contribution in [2.45, 2.75) is 12.8 Å². The van der Waals surface area contributed by atoms with Gasteiger partial charge in [-0.15, -0.1) is 0 Å². The smallest absolute Gasteiger partial charge is 0.408 e. The predicted molar refractivity (Wildman–Crippen MR) is 100 cm³/mol. The van der Waals surface area contributed by atoms with Crippen LogP contribution < -0.4 is 11.1 Å². The highest BCUT2D eigenvalue weighted by Crippen LogP contribution is 2.18.